The Morgan fingerprint density at radius 1 is 1.11 bits per heavy atom. The van der Waals surface area contributed by atoms with Crippen LogP contribution in [0.3, 0.4) is 0 Å². The van der Waals surface area contributed by atoms with Gasteiger partial charge in [0.2, 0.25) is 5.78 Å². The Morgan fingerprint density at radius 2 is 1.67 bits per heavy atom. The molecule has 0 aromatic rings. The van der Waals surface area contributed by atoms with Crippen LogP contribution in [-0.2, 0) is 14.3 Å². The molecule has 0 atom stereocenters. The van der Waals surface area contributed by atoms with Crippen LogP contribution >= 0.6 is 0 Å². The molecule has 0 aromatic carbocycles. The zero-order valence-corrected chi connectivity index (χ0v) is 12.3. The van der Waals surface area contributed by atoms with E-state index in [1.54, 1.807) is 20.8 Å². The first-order valence-corrected chi connectivity index (χ1v) is 6.27. The highest BCUT2D eigenvalue weighted by Gasteiger charge is 2.28. The Hall–Kier alpha value is -1.30. The summed E-state index contributed by atoms with van der Waals surface area (Å²) in [6, 6.07) is 0. The van der Waals surface area contributed by atoms with E-state index in [4.69, 9.17) is 4.74 Å². The lowest BCUT2D eigenvalue weighted by Gasteiger charge is -2.19. The van der Waals surface area contributed by atoms with Crippen LogP contribution in [0.4, 0.5) is 0 Å². The predicted octanol–water partition coefficient (Wildman–Crippen LogP) is 2.97. The van der Waals surface area contributed by atoms with Gasteiger partial charge in [-0.25, -0.2) is 0 Å². The molecule has 0 fully saturated rings. The van der Waals surface area contributed by atoms with Crippen LogP contribution in [0.15, 0.2) is 0 Å². The van der Waals surface area contributed by atoms with Gasteiger partial charge >= 0.3 is 5.97 Å². The second-order valence-corrected chi connectivity index (χ2v) is 6.24. The minimum absolute atomic E-state index is 0.0532. The molecule has 0 aromatic heterocycles. The van der Waals surface area contributed by atoms with Gasteiger partial charge in [0, 0.05) is 12.8 Å². The summed E-state index contributed by atoms with van der Waals surface area (Å²) in [5.74, 6) is 5.03. The van der Waals surface area contributed by atoms with Crippen LogP contribution in [0.2, 0.25) is 0 Å². The van der Waals surface area contributed by atoms with Gasteiger partial charge in [0.15, 0.2) is 0 Å². The van der Waals surface area contributed by atoms with Gasteiger partial charge in [0.25, 0.3) is 0 Å². The van der Waals surface area contributed by atoms with Crippen molar-refractivity contribution in [2.24, 2.45) is 10.8 Å². The van der Waals surface area contributed by atoms with Gasteiger partial charge in [-0.3, -0.25) is 9.59 Å². The maximum Gasteiger partial charge on any atom is 0.312 e. The molecule has 0 unspecified atom stereocenters. The maximum absolute atomic E-state index is 11.6. The summed E-state index contributed by atoms with van der Waals surface area (Å²) in [7, 11) is 0. The lowest BCUT2D eigenvalue weighted by Crippen LogP contribution is -2.26. The summed E-state index contributed by atoms with van der Waals surface area (Å²) in [5, 5.41) is 0. The van der Waals surface area contributed by atoms with Gasteiger partial charge in [-0.1, -0.05) is 26.7 Å². The molecule has 0 aliphatic carbocycles. The van der Waals surface area contributed by atoms with E-state index in [0.29, 0.717) is 19.4 Å². The molecule has 102 valence electrons. The quantitative estimate of drug-likeness (QED) is 0.439. The number of esters is 1. The standard InChI is InChI=1S/C15H24O3/c1-7-18-13(17)15(5,6)10-8-9-12(16)11-14(2,3)4/h7,10-11H2,1-6H3. The van der Waals surface area contributed by atoms with Crippen LogP contribution in [0.5, 0.6) is 0 Å². The number of Topliss-reactive ketones (excluding diaryl/α,β-unsaturated/α-hetero) is 1. The van der Waals surface area contributed by atoms with E-state index in [-0.39, 0.29) is 17.2 Å². The highest BCUT2D eigenvalue weighted by Crippen LogP contribution is 2.22. The molecular weight excluding hydrogens is 228 g/mol. The van der Waals surface area contributed by atoms with Crippen LogP contribution < -0.4 is 0 Å². The fourth-order valence-electron chi connectivity index (χ4n) is 1.29. The number of hydrogen-bond donors (Lipinski definition) is 0. The number of ether oxygens (including phenoxy) is 1. The molecule has 0 bridgehead atoms. The van der Waals surface area contributed by atoms with Crippen molar-refractivity contribution in [1.29, 1.82) is 0 Å². The second kappa shape index (κ2) is 6.58. The fraction of sp³-hybridized carbons (Fsp3) is 0.733. The minimum atomic E-state index is -0.662. The molecule has 0 amide bonds. The zero-order valence-electron chi connectivity index (χ0n) is 12.3. The Kier molecular flexibility index (Phi) is 6.11. The molecule has 0 saturated carbocycles. The second-order valence-electron chi connectivity index (χ2n) is 6.24. The van der Waals surface area contributed by atoms with Gasteiger partial charge in [0.05, 0.1) is 12.0 Å². The Morgan fingerprint density at radius 3 is 2.11 bits per heavy atom. The monoisotopic (exact) mass is 252 g/mol. The summed E-state index contributed by atoms with van der Waals surface area (Å²) in [6.45, 7) is 11.7. The summed E-state index contributed by atoms with van der Waals surface area (Å²) >= 11 is 0. The smallest absolute Gasteiger partial charge is 0.312 e. The molecule has 0 rings (SSSR count). The highest BCUT2D eigenvalue weighted by atomic mass is 16.5. The summed E-state index contributed by atoms with van der Waals surface area (Å²) in [4.78, 5) is 23.1. The fourth-order valence-corrected chi connectivity index (χ4v) is 1.29. The van der Waals surface area contributed by atoms with Crippen LogP contribution in [0, 0.1) is 22.7 Å². The molecular formula is C15H24O3. The third-order valence-corrected chi connectivity index (χ3v) is 2.28. The van der Waals surface area contributed by atoms with Crippen molar-refractivity contribution in [2.45, 2.75) is 54.4 Å². The van der Waals surface area contributed by atoms with Gasteiger partial charge in [-0.05, 0) is 32.1 Å². The summed E-state index contributed by atoms with van der Waals surface area (Å²) in [6.07, 6.45) is 0.765. The molecule has 3 nitrogen and oxygen atoms in total. The first-order valence-electron chi connectivity index (χ1n) is 6.27. The zero-order chi connectivity index (χ0) is 14.4. The number of hydrogen-bond acceptors (Lipinski definition) is 3. The molecule has 18 heavy (non-hydrogen) atoms. The number of carbonyl (C=O) groups excluding carboxylic acids is 2. The third-order valence-electron chi connectivity index (χ3n) is 2.28. The van der Waals surface area contributed by atoms with E-state index in [1.165, 1.54) is 0 Å². The Labute approximate surface area is 110 Å². The summed E-state index contributed by atoms with van der Waals surface area (Å²) in [5.41, 5.74) is -0.715. The van der Waals surface area contributed by atoms with Crippen LogP contribution in [0.1, 0.15) is 54.4 Å². The summed E-state index contributed by atoms with van der Waals surface area (Å²) < 4.78 is 4.95. The predicted molar refractivity (Wildman–Crippen MR) is 71.9 cm³/mol. The average Bonchev–Trinajstić information content (AvgIpc) is 2.14. The molecule has 0 aliphatic heterocycles. The van der Waals surface area contributed by atoms with Gasteiger partial charge < -0.3 is 4.74 Å². The van der Waals surface area contributed by atoms with Crippen molar-refractivity contribution in [2.75, 3.05) is 6.61 Å². The molecule has 0 heterocycles. The maximum atomic E-state index is 11.6. The van der Waals surface area contributed by atoms with E-state index >= 15 is 0 Å². The molecule has 0 saturated heterocycles. The molecule has 0 spiro atoms. The van der Waals surface area contributed by atoms with E-state index < -0.39 is 5.41 Å². The van der Waals surface area contributed by atoms with Crippen molar-refractivity contribution in [3.8, 4) is 11.8 Å². The largest absolute Gasteiger partial charge is 0.466 e. The minimum Gasteiger partial charge on any atom is -0.466 e. The number of carbonyl (C=O) groups is 2. The van der Waals surface area contributed by atoms with Crippen LogP contribution in [0.25, 0.3) is 0 Å². The normalized spacial score (nSPS) is 11.4. The van der Waals surface area contributed by atoms with E-state index in [0.717, 1.165) is 0 Å². The SMILES string of the molecule is CCOC(=O)C(C)(C)CC#CC(=O)CC(C)(C)C. The molecule has 0 aliphatic rings. The Balaban J connectivity index is 4.41. The molecule has 0 radical (unpaired) electrons. The van der Waals surface area contributed by atoms with Crippen molar-refractivity contribution >= 4 is 11.8 Å². The molecule has 0 N–H and O–H groups in total. The lowest BCUT2D eigenvalue weighted by molar-refractivity contribution is -0.153. The van der Waals surface area contributed by atoms with Crippen molar-refractivity contribution in [1.82, 2.24) is 0 Å². The Bertz CT molecular complexity index is 361. The van der Waals surface area contributed by atoms with Gasteiger partial charge in [-0.15, -0.1) is 0 Å². The van der Waals surface area contributed by atoms with Crippen molar-refractivity contribution < 1.29 is 14.3 Å². The highest BCUT2D eigenvalue weighted by molar-refractivity contribution is 5.95. The van der Waals surface area contributed by atoms with E-state index in [9.17, 15) is 9.59 Å². The lowest BCUT2D eigenvalue weighted by atomic mass is 9.88. The van der Waals surface area contributed by atoms with Gasteiger partial charge in [-0.2, -0.15) is 0 Å². The average molecular weight is 252 g/mol. The first kappa shape index (κ1) is 16.7. The van der Waals surface area contributed by atoms with Crippen molar-refractivity contribution in [3.05, 3.63) is 0 Å². The number of ketones is 1. The topological polar surface area (TPSA) is 43.4 Å². The number of rotatable bonds is 4. The molecule has 3 heteroatoms. The van der Waals surface area contributed by atoms with Gasteiger partial charge in [0.1, 0.15) is 0 Å². The van der Waals surface area contributed by atoms with Crippen molar-refractivity contribution in [3.63, 3.8) is 0 Å². The first-order chi connectivity index (χ1) is 8.08. The van der Waals surface area contributed by atoms with E-state index in [1.807, 2.05) is 20.8 Å². The third kappa shape index (κ3) is 7.11. The van der Waals surface area contributed by atoms with Crippen LogP contribution in [-0.4, -0.2) is 18.4 Å². The van der Waals surface area contributed by atoms with E-state index in [2.05, 4.69) is 11.8 Å².